The maximum atomic E-state index is 14.9. The lowest BCUT2D eigenvalue weighted by atomic mass is 9.81. The standard InChI is InChI=1S/C27H26FN3O5S/c1-3-6-27(35)16-7-20-24-14(9-31(20)25(33)15(16)10-36-26(27)34)23-18(29-21(32)11-37)5-4-13-12(2)17(28)8-19(30-24)22(13)23/h7-8,18,35,37H,3-6,9-11H2,1-2H3,(H,29,32)/t18-,27-/m0/s1. The Morgan fingerprint density at radius 1 is 1.32 bits per heavy atom. The molecule has 0 saturated heterocycles. The minimum Gasteiger partial charge on any atom is -0.458 e. The number of amides is 1. The molecule has 37 heavy (non-hydrogen) atoms. The van der Waals surface area contributed by atoms with Crippen molar-refractivity contribution >= 4 is 35.4 Å². The SMILES string of the molecule is CCC[C@@]1(O)C(=O)OCc2c1cc1n(c2=O)Cc2c-1nc1cc(F)c(C)c3c1c2[C@@H](NC(=O)CS)CC3. The number of rotatable bonds is 4. The molecular formula is C27H26FN3O5S. The molecule has 3 aromatic rings. The Kier molecular flexibility index (Phi) is 5.47. The number of nitrogens with zero attached hydrogens (tertiary/aromatic N) is 2. The van der Waals surface area contributed by atoms with E-state index in [1.165, 1.54) is 6.07 Å². The molecule has 0 bridgehead atoms. The van der Waals surface area contributed by atoms with Crippen LogP contribution in [0.15, 0.2) is 16.9 Å². The first kappa shape index (κ1) is 24.1. The van der Waals surface area contributed by atoms with Crippen molar-refractivity contribution in [1.82, 2.24) is 14.9 Å². The van der Waals surface area contributed by atoms with Crippen molar-refractivity contribution in [1.29, 1.82) is 0 Å². The fourth-order valence-electron chi connectivity index (χ4n) is 6.20. The second-order valence-electron chi connectivity index (χ2n) is 10.0. The van der Waals surface area contributed by atoms with Crippen molar-refractivity contribution in [3.63, 3.8) is 0 Å². The number of esters is 1. The summed E-state index contributed by atoms with van der Waals surface area (Å²) in [5.74, 6) is -1.33. The number of hydrogen-bond acceptors (Lipinski definition) is 7. The summed E-state index contributed by atoms with van der Waals surface area (Å²) >= 11 is 4.10. The van der Waals surface area contributed by atoms with Crippen molar-refractivity contribution in [3.05, 3.63) is 61.7 Å². The highest BCUT2D eigenvalue weighted by molar-refractivity contribution is 7.81. The van der Waals surface area contributed by atoms with Crippen LogP contribution >= 0.6 is 12.6 Å². The Bertz CT molecular complexity index is 1600. The average Bonchev–Trinajstić information content (AvgIpc) is 3.24. The molecule has 6 rings (SSSR count). The first-order chi connectivity index (χ1) is 17.7. The van der Waals surface area contributed by atoms with E-state index in [-0.39, 0.29) is 59.8 Å². The van der Waals surface area contributed by atoms with Crippen molar-refractivity contribution in [2.24, 2.45) is 0 Å². The minimum atomic E-state index is -1.93. The van der Waals surface area contributed by atoms with E-state index in [4.69, 9.17) is 9.72 Å². The fourth-order valence-corrected chi connectivity index (χ4v) is 6.29. The van der Waals surface area contributed by atoms with Gasteiger partial charge in [0.15, 0.2) is 5.60 Å². The number of thiol groups is 1. The van der Waals surface area contributed by atoms with Crippen molar-refractivity contribution < 1.29 is 23.8 Å². The molecule has 10 heteroatoms. The molecule has 2 atom stereocenters. The average molecular weight is 524 g/mol. The minimum absolute atomic E-state index is 0.0265. The maximum absolute atomic E-state index is 14.9. The molecule has 2 aliphatic heterocycles. The van der Waals surface area contributed by atoms with Crippen LogP contribution in [0.25, 0.3) is 22.3 Å². The van der Waals surface area contributed by atoms with Crippen molar-refractivity contribution in [3.8, 4) is 11.4 Å². The third-order valence-corrected chi connectivity index (χ3v) is 8.24. The van der Waals surface area contributed by atoms with Gasteiger partial charge in [0.1, 0.15) is 12.4 Å². The summed E-state index contributed by atoms with van der Waals surface area (Å²) in [6.45, 7) is 3.57. The van der Waals surface area contributed by atoms with Gasteiger partial charge in [0, 0.05) is 22.6 Å². The van der Waals surface area contributed by atoms with Gasteiger partial charge in [0.2, 0.25) is 5.91 Å². The highest BCUT2D eigenvalue weighted by Crippen LogP contribution is 2.46. The lowest BCUT2D eigenvalue weighted by Gasteiger charge is -2.32. The van der Waals surface area contributed by atoms with E-state index >= 15 is 0 Å². The highest BCUT2D eigenvalue weighted by atomic mass is 32.1. The Labute approximate surface area is 217 Å². The normalized spacial score (nSPS) is 21.3. The van der Waals surface area contributed by atoms with Gasteiger partial charge in [0.25, 0.3) is 5.56 Å². The van der Waals surface area contributed by atoms with Crippen LogP contribution in [0.5, 0.6) is 0 Å². The van der Waals surface area contributed by atoms with Gasteiger partial charge < -0.3 is 19.7 Å². The van der Waals surface area contributed by atoms with E-state index < -0.39 is 11.6 Å². The Morgan fingerprint density at radius 2 is 2.11 bits per heavy atom. The van der Waals surface area contributed by atoms with Gasteiger partial charge in [0.05, 0.1) is 40.8 Å². The first-order valence-electron chi connectivity index (χ1n) is 12.4. The van der Waals surface area contributed by atoms with Crippen LogP contribution in [-0.4, -0.2) is 32.3 Å². The Morgan fingerprint density at radius 3 is 2.84 bits per heavy atom. The number of nitrogens with one attached hydrogen (secondary N) is 1. The van der Waals surface area contributed by atoms with Crippen LogP contribution in [-0.2, 0) is 39.5 Å². The van der Waals surface area contributed by atoms with Gasteiger partial charge >= 0.3 is 5.97 Å². The molecule has 1 aromatic carbocycles. The monoisotopic (exact) mass is 523 g/mol. The number of carbonyl (C=O) groups is 2. The van der Waals surface area contributed by atoms with Crippen LogP contribution in [0.2, 0.25) is 0 Å². The zero-order valence-electron chi connectivity index (χ0n) is 20.5. The van der Waals surface area contributed by atoms with Gasteiger partial charge in [-0.2, -0.15) is 12.6 Å². The molecule has 1 aliphatic carbocycles. The number of carbonyl (C=O) groups excluding carboxylic acids is 2. The van der Waals surface area contributed by atoms with E-state index in [1.807, 2.05) is 6.92 Å². The van der Waals surface area contributed by atoms with Gasteiger partial charge in [-0.3, -0.25) is 9.59 Å². The van der Waals surface area contributed by atoms with Crippen LogP contribution in [0.3, 0.4) is 0 Å². The fraction of sp³-hybridized carbons (Fsp3) is 0.407. The molecule has 2 N–H and O–H groups in total. The van der Waals surface area contributed by atoms with E-state index in [1.54, 1.807) is 17.6 Å². The molecule has 8 nitrogen and oxygen atoms in total. The van der Waals surface area contributed by atoms with Gasteiger partial charge in [-0.15, -0.1) is 0 Å². The molecule has 1 amide bonds. The molecule has 4 heterocycles. The highest BCUT2D eigenvalue weighted by Gasteiger charge is 2.46. The largest absolute Gasteiger partial charge is 0.458 e. The molecule has 192 valence electrons. The Hall–Kier alpha value is -3.24. The summed E-state index contributed by atoms with van der Waals surface area (Å²) in [7, 11) is 0. The molecule has 0 saturated carbocycles. The summed E-state index contributed by atoms with van der Waals surface area (Å²) in [6.07, 6.45) is 1.76. The predicted octanol–water partition coefficient (Wildman–Crippen LogP) is 2.95. The summed E-state index contributed by atoms with van der Waals surface area (Å²) < 4.78 is 21.7. The first-order valence-corrected chi connectivity index (χ1v) is 13.0. The van der Waals surface area contributed by atoms with Crippen LogP contribution in [0, 0.1) is 12.7 Å². The molecule has 0 fully saturated rings. The van der Waals surface area contributed by atoms with Crippen LogP contribution in [0.4, 0.5) is 4.39 Å². The zero-order chi connectivity index (χ0) is 26.2. The van der Waals surface area contributed by atoms with E-state index in [9.17, 15) is 23.9 Å². The smallest absolute Gasteiger partial charge is 0.343 e. The second kappa shape index (κ2) is 8.39. The summed E-state index contributed by atoms with van der Waals surface area (Å²) in [5.41, 5.74) is 2.59. The molecule has 2 aromatic heterocycles. The lowest BCUT2D eigenvalue weighted by molar-refractivity contribution is -0.172. The molecule has 3 aliphatic rings. The predicted molar refractivity (Wildman–Crippen MR) is 137 cm³/mol. The second-order valence-corrected chi connectivity index (χ2v) is 10.3. The van der Waals surface area contributed by atoms with Gasteiger partial charge in [-0.05, 0) is 48.9 Å². The number of cyclic esters (lactones) is 1. The number of benzene rings is 1. The topological polar surface area (TPSA) is 111 Å². The van der Waals surface area contributed by atoms with Crippen molar-refractivity contribution in [2.75, 3.05) is 5.75 Å². The molecule has 0 radical (unpaired) electrons. The number of aliphatic hydroxyl groups is 1. The number of aromatic nitrogens is 2. The van der Waals surface area contributed by atoms with E-state index in [0.717, 1.165) is 22.1 Å². The quantitative estimate of drug-likeness (QED) is 0.280. The lowest BCUT2D eigenvalue weighted by Crippen LogP contribution is -2.44. The van der Waals surface area contributed by atoms with Crippen molar-refractivity contribution in [2.45, 2.75) is 64.3 Å². The third kappa shape index (κ3) is 3.31. The zero-order valence-corrected chi connectivity index (χ0v) is 21.4. The van der Waals surface area contributed by atoms with Crippen LogP contribution < -0.4 is 10.9 Å². The molecule has 0 unspecified atom stereocenters. The number of fused-ring (bicyclic) bond motifs is 5. The number of pyridine rings is 2. The summed E-state index contributed by atoms with van der Waals surface area (Å²) in [4.78, 5) is 43.4. The summed E-state index contributed by atoms with van der Waals surface area (Å²) in [5, 5.41) is 15.1. The number of ether oxygens (including phenoxy) is 1. The Balaban J connectivity index is 1.65. The van der Waals surface area contributed by atoms with E-state index in [0.29, 0.717) is 41.7 Å². The van der Waals surface area contributed by atoms with Gasteiger partial charge in [-0.25, -0.2) is 14.2 Å². The number of halogens is 1. The maximum Gasteiger partial charge on any atom is 0.343 e. The van der Waals surface area contributed by atoms with Gasteiger partial charge in [-0.1, -0.05) is 13.3 Å². The van der Waals surface area contributed by atoms with E-state index in [2.05, 4.69) is 17.9 Å². The van der Waals surface area contributed by atoms with Crippen LogP contribution in [0.1, 0.15) is 65.6 Å². The number of hydrogen-bond donors (Lipinski definition) is 3. The molecular weight excluding hydrogens is 497 g/mol. The third-order valence-electron chi connectivity index (χ3n) is 7.96. The molecule has 0 spiro atoms. The number of aryl methyl sites for hydroxylation is 1. The summed E-state index contributed by atoms with van der Waals surface area (Å²) in [6, 6.07) is 2.70.